The van der Waals surface area contributed by atoms with Gasteiger partial charge in [-0.05, 0) is 42.0 Å². The number of hydrogen-bond acceptors (Lipinski definition) is 7. The molecule has 0 spiro atoms. The molecule has 0 fully saturated rings. The van der Waals surface area contributed by atoms with Gasteiger partial charge < -0.3 is 24.3 Å². The van der Waals surface area contributed by atoms with Crippen molar-refractivity contribution in [3.8, 4) is 23.3 Å². The number of fused-ring (bicyclic) bond motifs is 1. The molecule has 0 unspecified atom stereocenters. The topological polar surface area (TPSA) is 107 Å². The Balaban J connectivity index is 1.35. The summed E-state index contributed by atoms with van der Waals surface area (Å²) in [7, 11) is 0. The number of rotatable bonds is 7. The zero-order valence-corrected chi connectivity index (χ0v) is 14.3. The van der Waals surface area contributed by atoms with Crippen LogP contribution in [0.1, 0.15) is 11.1 Å². The van der Waals surface area contributed by atoms with Crippen molar-refractivity contribution in [3.63, 3.8) is 0 Å². The van der Waals surface area contributed by atoms with E-state index in [1.165, 1.54) is 0 Å². The van der Waals surface area contributed by atoms with Crippen LogP contribution in [0.3, 0.4) is 0 Å². The molecule has 2 aromatic rings. The van der Waals surface area contributed by atoms with Crippen LogP contribution in [-0.4, -0.2) is 31.9 Å². The molecule has 0 aliphatic carbocycles. The zero-order chi connectivity index (χ0) is 19.1. The normalized spacial score (nSPS) is 11.4. The molecule has 1 aliphatic rings. The lowest BCUT2D eigenvalue weighted by atomic mass is 10.2. The number of amides is 1. The highest BCUT2D eigenvalue weighted by atomic mass is 16.7. The van der Waals surface area contributed by atoms with E-state index in [0.29, 0.717) is 22.8 Å². The Hall–Kier alpha value is -3.73. The quantitative estimate of drug-likeness (QED) is 0.739. The average Bonchev–Trinajstić information content (AvgIpc) is 3.17. The van der Waals surface area contributed by atoms with Gasteiger partial charge in [0, 0.05) is 6.54 Å². The smallest absolute Gasteiger partial charge is 0.344 e. The highest BCUT2D eigenvalue weighted by molar-refractivity contribution is 5.80. The zero-order valence-electron chi connectivity index (χ0n) is 14.3. The molecule has 8 heteroatoms. The van der Waals surface area contributed by atoms with E-state index in [-0.39, 0.29) is 19.9 Å². The molecule has 27 heavy (non-hydrogen) atoms. The van der Waals surface area contributed by atoms with Crippen molar-refractivity contribution < 1.29 is 28.5 Å². The molecule has 1 amide bonds. The Morgan fingerprint density at radius 1 is 1.07 bits per heavy atom. The van der Waals surface area contributed by atoms with Crippen LogP contribution in [0.15, 0.2) is 42.5 Å². The van der Waals surface area contributed by atoms with Gasteiger partial charge in [-0.25, -0.2) is 4.79 Å². The second kappa shape index (κ2) is 8.58. The van der Waals surface area contributed by atoms with Gasteiger partial charge in [-0.1, -0.05) is 6.07 Å². The largest absolute Gasteiger partial charge is 0.482 e. The van der Waals surface area contributed by atoms with E-state index in [2.05, 4.69) is 5.32 Å². The lowest BCUT2D eigenvalue weighted by Crippen LogP contribution is -2.29. The number of ether oxygens (including phenoxy) is 4. The van der Waals surface area contributed by atoms with Gasteiger partial charge >= 0.3 is 5.97 Å². The van der Waals surface area contributed by atoms with Crippen LogP contribution >= 0.6 is 0 Å². The van der Waals surface area contributed by atoms with Gasteiger partial charge in [0.2, 0.25) is 6.79 Å². The molecule has 1 heterocycles. The lowest BCUT2D eigenvalue weighted by Gasteiger charge is -2.08. The minimum absolute atomic E-state index is 0.186. The second-order valence-corrected chi connectivity index (χ2v) is 5.55. The van der Waals surface area contributed by atoms with Gasteiger partial charge in [0.05, 0.1) is 11.6 Å². The third-order valence-electron chi connectivity index (χ3n) is 3.63. The Bertz CT molecular complexity index is 873. The SMILES string of the molecule is N#Cc1ccc(OCC(=O)OCC(=O)NCc2ccc3c(c2)OCO3)cc1. The molecule has 0 bridgehead atoms. The van der Waals surface area contributed by atoms with Crippen molar-refractivity contribution in [1.29, 1.82) is 5.26 Å². The van der Waals surface area contributed by atoms with Crippen LogP contribution in [0.25, 0.3) is 0 Å². The predicted octanol–water partition coefficient (Wildman–Crippen LogP) is 1.53. The summed E-state index contributed by atoms with van der Waals surface area (Å²) in [5, 5.41) is 11.4. The molecule has 8 nitrogen and oxygen atoms in total. The number of hydrogen-bond donors (Lipinski definition) is 1. The molecule has 3 rings (SSSR count). The molecular formula is C19H16N2O6. The van der Waals surface area contributed by atoms with Crippen LogP contribution in [-0.2, 0) is 20.9 Å². The van der Waals surface area contributed by atoms with Crippen LogP contribution in [0, 0.1) is 11.3 Å². The van der Waals surface area contributed by atoms with E-state index >= 15 is 0 Å². The van der Waals surface area contributed by atoms with Gasteiger partial charge in [0.25, 0.3) is 5.91 Å². The Morgan fingerprint density at radius 3 is 2.63 bits per heavy atom. The standard InChI is InChI=1S/C19H16N2O6/c20-8-13-1-4-15(5-2-13)24-11-19(23)25-10-18(22)21-9-14-3-6-16-17(7-14)27-12-26-16/h1-7H,9-12H2,(H,21,22). The maximum atomic E-state index is 11.8. The second-order valence-electron chi connectivity index (χ2n) is 5.55. The third kappa shape index (κ3) is 5.12. The number of nitrogens with zero attached hydrogens (tertiary/aromatic N) is 1. The third-order valence-corrected chi connectivity index (χ3v) is 3.63. The van der Waals surface area contributed by atoms with E-state index in [0.717, 1.165) is 5.56 Å². The minimum atomic E-state index is -0.669. The predicted molar refractivity (Wildman–Crippen MR) is 92.0 cm³/mol. The molecule has 138 valence electrons. The molecule has 0 atom stereocenters. The molecule has 0 radical (unpaired) electrons. The van der Waals surface area contributed by atoms with Crippen molar-refractivity contribution in [2.75, 3.05) is 20.0 Å². The number of nitriles is 1. The van der Waals surface area contributed by atoms with E-state index in [1.807, 2.05) is 12.1 Å². The first-order valence-corrected chi connectivity index (χ1v) is 8.08. The van der Waals surface area contributed by atoms with E-state index in [9.17, 15) is 9.59 Å². The van der Waals surface area contributed by atoms with Crippen LogP contribution < -0.4 is 19.5 Å². The van der Waals surface area contributed by atoms with Crippen molar-refractivity contribution in [3.05, 3.63) is 53.6 Å². The fourth-order valence-electron chi connectivity index (χ4n) is 2.26. The summed E-state index contributed by atoms with van der Waals surface area (Å²) in [4.78, 5) is 23.4. The first-order valence-electron chi connectivity index (χ1n) is 8.08. The number of benzene rings is 2. The van der Waals surface area contributed by atoms with E-state index < -0.39 is 18.5 Å². The van der Waals surface area contributed by atoms with Gasteiger partial charge in [-0.3, -0.25) is 4.79 Å². The van der Waals surface area contributed by atoms with E-state index in [1.54, 1.807) is 36.4 Å². The summed E-state index contributed by atoms with van der Waals surface area (Å²) in [6, 6.07) is 13.6. The van der Waals surface area contributed by atoms with Gasteiger partial charge in [0.15, 0.2) is 24.7 Å². The van der Waals surface area contributed by atoms with Crippen molar-refractivity contribution in [2.45, 2.75) is 6.54 Å². The summed E-state index contributed by atoms with van der Waals surface area (Å²) in [5.74, 6) is 0.629. The van der Waals surface area contributed by atoms with E-state index in [4.69, 9.17) is 24.2 Å². The van der Waals surface area contributed by atoms with Crippen LogP contribution in [0.4, 0.5) is 0 Å². The summed E-state index contributed by atoms with van der Waals surface area (Å²) < 4.78 is 20.6. The Labute approximate surface area is 155 Å². The first kappa shape index (κ1) is 18.1. The Morgan fingerprint density at radius 2 is 1.85 bits per heavy atom. The maximum absolute atomic E-state index is 11.8. The average molecular weight is 368 g/mol. The summed E-state index contributed by atoms with van der Waals surface area (Å²) >= 11 is 0. The van der Waals surface area contributed by atoms with Crippen molar-refractivity contribution in [1.82, 2.24) is 5.32 Å². The van der Waals surface area contributed by atoms with Crippen molar-refractivity contribution in [2.24, 2.45) is 0 Å². The van der Waals surface area contributed by atoms with Gasteiger partial charge in [-0.15, -0.1) is 0 Å². The summed E-state index contributed by atoms with van der Waals surface area (Å²) in [6.07, 6.45) is 0. The number of carbonyl (C=O) groups is 2. The summed E-state index contributed by atoms with van der Waals surface area (Å²) in [6.45, 7) is -0.276. The molecular weight excluding hydrogens is 352 g/mol. The van der Waals surface area contributed by atoms with Crippen molar-refractivity contribution >= 4 is 11.9 Å². The fraction of sp³-hybridized carbons (Fsp3) is 0.211. The molecule has 2 aromatic carbocycles. The lowest BCUT2D eigenvalue weighted by molar-refractivity contribution is -0.150. The molecule has 0 aromatic heterocycles. The molecule has 0 saturated carbocycles. The number of carbonyl (C=O) groups excluding carboxylic acids is 2. The molecule has 1 aliphatic heterocycles. The first-order chi connectivity index (χ1) is 13.1. The Kier molecular flexibility index (Phi) is 5.74. The fourth-order valence-corrected chi connectivity index (χ4v) is 2.26. The summed E-state index contributed by atoms with van der Waals surface area (Å²) in [5.41, 5.74) is 1.33. The molecule has 0 saturated heterocycles. The monoisotopic (exact) mass is 368 g/mol. The minimum Gasteiger partial charge on any atom is -0.482 e. The highest BCUT2D eigenvalue weighted by Gasteiger charge is 2.14. The highest BCUT2D eigenvalue weighted by Crippen LogP contribution is 2.32. The number of nitrogens with one attached hydrogen (secondary N) is 1. The van der Waals surface area contributed by atoms with Crippen LogP contribution in [0.5, 0.6) is 17.2 Å². The molecule has 1 N–H and O–H groups in total. The van der Waals surface area contributed by atoms with Gasteiger partial charge in [-0.2, -0.15) is 5.26 Å². The van der Waals surface area contributed by atoms with Crippen LogP contribution in [0.2, 0.25) is 0 Å². The van der Waals surface area contributed by atoms with Gasteiger partial charge in [0.1, 0.15) is 5.75 Å². The maximum Gasteiger partial charge on any atom is 0.344 e. The number of esters is 1.